The van der Waals surface area contributed by atoms with E-state index < -0.39 is 12.4 Å². The molecule has 0 unspecified atom stereocenters. The molecule has 3 aromatic rings. The lowest BCUT2D eigenvalue weighted by atomic mass is 10.3. The van der Waals surface area contributed by atoms with E-state index in [1.165, 1.54) is 21.6 Å². The summed E-state index contributed by atoms with van der Waals surface area (Å²) in [7, 11) is -0.0146. The first kappa shape index (κ1) is 19.5. The quantitative estimate of drug-likeness (QED) is 0.514. The number of carbonyl (C=O) groups is 2. The summed E-state index contributed by atoms with van der Waals surface area (Å²) in [6.07, 6.45) is -0.472. The molecule has 3 aromatic carbocycles. The Morgan fingerprint density at radius 2 is 1.00 bits per heavy atom. The number of aliphatic carboxylic acids is 1. The number of hydrogen-bond donors (Lipinski definition) is 0. The van der Waals surface area contributed by atoms with Crippen LogP contribution >= 0.6 is 0 Å². The van der Waals surface area contributed by atoms with Gasteiger partial charge in [0.15, 0.2) is 14.7 Å². The maximum absolute atomic E-state index is 9.83. The molecule has 3 rings (SSSR count). The Balaban J connectivity index is 0.000000298. The number of carboxylic acid groups (broad SMARTS) is 1. The highest BCUT2D eigenvalue weighted by Crippen LogP contribution is 2.30. The Kier molecular flexibility index (Phi) is 7.65. The molecule has 0 aliphatic carbocycles. The zero-order chi connectivity index (χ0) is 18.8. The predicted molar refractivity (Wildman–Crippen MR) is 102 cm³/mol. The number of rotatable bonds is 5. The van der Waals surface area contributed by atoms with Gasteiger partial charge >= 0.3 is 0 Å². The molecule has 26 heavy (non-hydrogen) atoms. The highest BCUT2D eigenvalue weighted by atomic mass is 32.2. The van der Waals surface area contributed by atoms with Crippen LogP contribution in [0.15, 0.2) is 106 Å². The molecule has 0 aromatic heterocycles. The predicted octanol–water partition coefficient (Wildman–Crippen LogP) is 3.50. The van der Waals surface area contributed by atoms with E-state index in [9.17, 15) is 14.7 Å². The minimum atomic E-state index is -1.31. The molecule has 0 amide bonds. The third-order valence-corrected chi connectivity index (χ3v) is 5.56. The normalized spacial score (nSPS) is 9.92. The Labute approximate surface area is 156 Å². The molecular formula is C22H20O3S. The van der Waals surface area contributed by atoms with E-state index >= 15 is 0 Å². The molecule has 0 fully saturated rings. The molecule has 0 bridgehead atoms. The highest BCUT2D eigenvalue weighted by molar-refractivity contribution is 7.97. The summed E-state index contributed by atoms with van der Waals surface area (Å²) in [5.74, 6) is -1.69. The Morgan fingerprint density at radius 1 is 0.692 bits per heavy atom. The van der Waals surface area contributed by atoms with Crippen molar-refractivity contribution in [2.24, 2.45) is 0 Å². The van der Waals surface area contributed by atoms with E-state index in [2.05, 4.69) is 91.0 Å². The zero-order valence-corrected chi connectivity index (χ0v) is 15.3. The minimum absolute atomic E-state index is 0.0146. The summed E-state index contributed by atoms with van der Waals surface area (Å²) >= 11 is 0. The van der Waals surface area contributed by atoms with Crippen molar-refractivity contribution in [3.8, 4) is 0 Å². The van der Waals surface area contributed by atoms with Crippen LogP contribution in [0.3, 0.4) is 0 Å². The Hall–Kier alpha value is -2.85. The fourth-order valence-corrected chi connectivity index (χ4v) is 4.39. The second kappa shape index (κ2) is 10.2. The molecule has 0 aliphatic rings. The summed E-state index contributed by atoms with van der Waals surface area (Å²) in [6.45, 7) is 1.20. The van der Waals surface area contributed by atoms with Gasteiger partial charge in [0.2, 0.25) is 0 Å². The van der Waals surface area contributed by atoms with E-state index in [0.29, 0.717) is 0 Å². The Bertz CT molecular complexity index is 712. The number of carbonyl (C=O) groups excluding carboxylic acids is 2. The topological polar surface area (TPSA) is 57.2 Å². The lowest BCUT2D eigenvalue weighted by Crippen LogP contribution is -2.24. The van der Waals surface area contributed by atoms with Gasteiger partial charge in [-0.05, 0) is 43.3 Å². The van der Waals surface area contributed by atoms with Gasteiger partial charge in [0.05, 0.1) is 10.9 Å². The van der Waals surface area contributed by atoms with Crippen molar-refractivity contribution in [2.45, 2.75) is 28.0 Å². The van der Waals surface area contributed by atoms with Gasteiger partial charge in [-0.15, -0.1) is 0 Å². The zero-order valence-electron chi connectivity index (χ0n) is 14.5. The highest BCUT2D eigenvalue weighted by Gasteiger charge is 2.27. The van der Waals surface area contributed by atoms with Crippen LogP contribution in [0, 0.1) is 0 Å². The van der Waals surface area contributed by atoms with Crippen molar-refractivity contribution >= 4 is 22.6 Å². The van der Waals surface area contributed by atoms with Gasteiger partial charge in [-0.2, -0.15) is 0 Å². The van der Waals surface area contributed by atoms with Gasteiger partial charge in [0.1, 0.15) is 5.78 Å². The Morgan fingerprint density at radius 3 is 1.19 bits per heavy atom. The minimum Gasteiger partial charge on any atom is -0.550 e. The van der Waals surface area contributed by atoms with Crippen LogP contribution < -0.4 is 5.11 Å². The van der Waals surface area contributed by atoms with Gasteiger partial charge in [-0.25, -0.2) is 0 Å². The summed E-state index contributed by atoms with van der Waals surface area (Å²) in [6, 6.07) is 32.2. The molecule has 0 spiro atoms. The van der Waals surface area contributed by atoms with Crippen LogP contribution in [-0.2, 0) is 20.5 Å². The molecule has 0 N–H and O–H groups in total. The van der Waals surface area contributed by atoms with Crippen LogP contribution in [0.5, 0.6) is 0 Å². The van der Waals surface area contributed by atoms with Gasteiger partial charge in [-0.3, -0.25) is 4.79 Å². The summed E-state index contributed by atoms with van der Waals surface area (Å²) in [5, 5.41) is 9.48. The lowest BCUT2D eigenvalue weighted by Gasteiger charge is -2.07. The van der Waals surface area contributed by atoms with Crippen molar-refractivity contribution < 1.29 is 14.7 Å². The molecule has 0 atom stereocenters. The number of benzene rings is 3. The van der Waals surface area contributed by atoms with E-state index in [-0.39, 0.29) is 16.7 Å². The lowest BCUT2D eigenvalue weighted by molar-refractivity contribution is -0.304. The van der Waals surface area contributed by atoms with Crippen LogP contribution in [0.4, 0.5) is 0 Å². The van der Waals surface area contributed by atoms with Gasteiger partial charge in [0, 0.05) is 12.4 Å². The number of Topliss-reactive ketones (excluding diaryl/α,β-unsaturated/α-hetero) is 1. The largest absolute Gasteiger partial charge is 0.550 e. The second-order valence-corrected chi connectivity index (χ2v) is 7.52. The van der Waals surface area contributed by atoms with E-state index in [0.717, 1.165) is 0 Å². The smallest absolute Gasteiger partial charge is 0.166 e. The average Bonchev–Trinajstić information content (AvgIpc) is 2.64. The molecule has 3 nitrogen and oxygen atoms in total. The number of ketones is 1. The first-order valence-corrected chi connectivity index (χ1v) is 9.39. The maximum atomic E-state index is 9.83. The van der Waals surface area contributed by atoms with E-state index in [1.807, 2.05) is 0 Å². The monoisotopic (exact) mass is 364 g/mol. The van der Waals surface area contributed by atoms with Crippen molar-refractivity contribution in [3.63, 3.8) is 0 Å². The summed E-state index contributed by atoms with van der Waals surface area (Å²) < 4.78 is 0. The average molecular weight is 364 g/mol. The molecule has 4 heteroatoms. The van der Waals surface area contributed by atoms with Crippen molar-refractivity contribution in [1.82, 2.24) is 0 Å². The van der Waals surface area contributed by atoms with E-state index in [4.69, 9.17) is 0 Å². The van der Waals surface area contributed by atoms with Gasteiger partial charge < -0.3 is 9.90 Å². The summed E-state index contributed by atoms with van der Waals surface area (Å²) in [4.78, 5) is 23.4. The molecule has 0 aliphatic heterocycles. The van der Waals surface area contributed by atoms with Crippen molar-refractivity contribution in [3.05, 3.63) is 91.0 Å². The van der Waals surface area contributed by atoms with E-state index in [1.54, 1.807) is 0 Å². The molecule has 0 saturated carbocycles. The SMILES string of the molecule is CC(=O)CC(=O)[O-].c1ccc([S+](c2ccccc2)c2ccccc2)cc1. The standard InChI is InChI=1S/C18H15S.C4H6O3/c1-4-10-16(11-5-1)19(17-12-6-2-7-13-17)18-14-8-3-9-15-18;1-3(5)2-4(6)7/h1-15H;2H2,1H3,(H,6,7)/q+1;/p-1. The number of carboxylic acids is 1. The molecule has 132 valence electrons. The van der Waals surface area contributed by atoms with Crippen molar-refractivity contribution in [1.29, 1.82) is 0 Å². The molecule has 0 saturated heterocycles. The van der Waals surface area contributed by atoms with Gasteiger partial charge in [-0.1, -0.05) is 54.6 Å². The number of hydrogen-bond acceptors (Lipinski definition) is 3. The molecular weight excluding hydrogens is 344 g/mol. The molecule has 0 radical (unpaired) electrons. The van der Waals surface area contributed by atoms with Crippen LogP contribution in [-0.4, -0.2) is 11.8 Å². The van der Waals surface area contributed by atoms with Crippen LogP contribution in [0.1, 0.15) is 13.3 Å². The first-order chi connectivity index (χ1) is 12.6. The van der Waals surface area contributed by atoms with Crippen molar-refractivity contribution in [2.75, 3.05) is 0 Å². The van der Waals surface area contributed by atoms with Crippen LogP contribution in [0.25, 0.3) is 0 Å². The summed E-state index contributed by atoms with van der Waals surface area (Å²) in [5.41, 5.74) is 0. The third kappa shape index (κ3) is 6.22. The fraction of sp³-hybridized carbons (Fsp3) is 0.0909. The van der Waals surface area contributed by atoms with Gasteiger partial charge in [0.25, 0.3) is 0 Å². The van der Waals surface area contributed by atoms with Crippen LogP contribution in [0.2, 0.25) is 0 Å². The second-order valence-electron chi connectivity index (χ2n) is 5.50. The fourth-order valence-electron chi connectivity index (χ4n) is 2.28. The third-order valence-electron chi connectivity index (χ3n) is 3.33. The first-order valence-electron chi connectivity index (χ1n) is 8.16. The maximum Gasteiger partial charge on any atom is 0.166 e. The molecule has 0 heterocycles.